The van der Waals surface area contributed by atoms with Crippen LogP contribution in [0.5, 0.6) is 0 Å². The predicted octanol–water partition coefficient (Wildman–Crippen LogP) is 1.99. The number of nitrogens with zero attached hydrogens (tertiary/aromatic N) is 1. The Morgan fingerprint density at radius 1 is 1.04 bits per heavy atom. The monoisotopic (exact) mass is 338 g/mol. The Morgan fingerprint density at radius 3 is 2.21 bits per heavy atom. The standard InChI is InChI=1S/C16H13F3N2O3/c17-10-5-6-11(14(19)13(10)18)20-12(22)7-21-15(23)8-3-1-2-4-9(8)16(21)24/h1-2,5-6,8-9H,3-4,7H2,(H,20,22)/t8-,9-/m1/s1. The maximum Gasteiger partial charge on any atom is 0.244 e. The van der Waals surface area contributed by atoms with Crippen molar-refractivity contribution in [1.29, 1.82) is 0 Å². The number of hydrogen-bond donors (Lipinski definition) is 1. The number of likely N-dealkylation sites (tertiary alicyclic amines) is 1. The number of carbonyl (C=O) groups excluding carboxylic acids is 3. The number of fused-ring (bicyclic) bond motifs is 1. The molecule has 8 heteroatoms. The van der Waals surface area contributed by atoms with Gasteiger partial charge in [-0.2, -0.15) is 0 Å². The molecule has 0 spiro atoms. The Hall–Kier alpha value is -2.64. The number of allylic oxidation sites excluding steroid dienone is 2. The van der Waals surface area contributed by atoms with Gasteiger partial charge in [-0.15, -0.1) is 0 Å². The van der Waals surface area contributed by atoms with Gasteiger partial charge in [0.05, 0.1) is 17.5 Å². The second-order valence-electron chi connectivity index (χ2n) is 5.69. The number of amides is 3. The minimum Gasteiger partial charge on any atom is -0.322 e. The number of benzene rings is 1. The zero-order valence-corrected chi connectivity index (χ0v) is 12.4. The third kappa shape index (κ3) is 2.68. The topological polar surface area (TPSA) is 66.5 Å². The first-order valence-electron chi connectivity index (χ1n) is 7.33. The van der Waals surface area contributed by atoms with Gasteiger partial charge in [0.2, 0.25) is 17.7 Å². The summed E-state index contributed by atoms with van der Waals surface area (Å²) in [5.41, 5.74) is -0.558. The second-order valence-corrected chi connectivity index (χ2v) is 5.69. The molecule has 0 radical (unpaired) electrons. The Kier molecular flexibility index (Phi) is 4.13. The van der Waals surface area contributed by atoms with Gasteiger partial charge < -0.3 is 5.32 Å². The van der Waals surface area contributed by atoms with Crippen molar-refractivity contribution in [3.63, 3.8) is 0 Å². The first kappa shape index (κ1) is 16.2. The second kappa shape index (κ2) is 6.10. The van der Waals surface area contributed by atoms with E-state index in [9.17, 15) is 27.6 Å². The maximum atomic E-state index is 13.5. The number of rotatable bonds is 3. The van der Waals surface area contributed by atoms with Gasteiger partial charge in [-0.05, 0) is 25.0 Å². The van der Waals surface area contributed by atoms with Gasteiger partial charge in [0.1, 0.15) is 6.54 Å². The van der Waals surface area contributed by atoms with Crippen molar-refractivity contribution in [2.75, 3.05) is 11.9 Å². The summed E-state index contributed by atoms with van der Waals surface area (Å²) in [6.07, 6.45) is 4.50. The van der Waals surface area contributed by atoms with E-state index in [0.29, 0.717) is 18.9 Å². The summed E-state index contributed by atoms with van der Waals surface area (Å²) in [4.78, 5) is 37.2. The first-order chi connectivity index (χ1) is 11.4. The van der Waals surface area contributed by atoms with Gasteiger partial charge in [0.15, 0.2) is 17.5 Å². The van der Waals surface area contributed by atoms with Crippen LogP contribution in [-0.4, -0.2) is 29.2 Å². The van der Waals surface area contributed by atoms with Crippen molar-refractivity contribution in [2.45, 2.75) is 12.8 Å². The fourth-order valence-electron chi connectivity index (χ4n) is 2.98. The van der Waals surface area contributed by atoms with E-state index in [2.05, 4.69) is 0 Å². The largest absolute Gasteiger partial charge is 0.322 e. The van der Waals surface area contributed by atoms with Crippen molar-refractivity contribution in [3.05, 3.63) is 41.7 Å². The molecule has 2 aliphatic rings. The minimum absolute atomic E-state index is 0.436. The molecule has 1 fully saturated rings. The summed E-state index contributed by atoms with van der Waals surface area (Å²) in [7, 11) is 0. The lowest BCUT2D eigenvalue weighted by Crippen LogP contribution is -2.38. The lowest BCUT2D eigenvalue weighted by atomic mass is 9.85. The smallest absolute Gasteiger partial charge is 0.244 e. The molecule has 3 rings (SSSR count). The molecule has 1 aliphatic carbocycles. The van der Waals surface area contributed by atoms with E-state index >= 15 is 0 Å². The molecule has 0 bridgehead atoms. The van der Waals surface area contributed by atoms with E-state index in [1.54, 1.807) is 0 Å². The molecule has 1 saturated heterocycles. The minimum atomic E-state index is -1.71. The van der Waals surface area contributed by atoms with Crippen LogP contribution in [0.3, 0.4) is 0 Å². The molecular formula is C16H13F3N2O3. The summed E-state index contributed by atoms with van der Waals surface area (Å²) in [5, 5.41) is 2.05. The predicted molar refractivity (Wildman–Crippen MR) is 77.0 cm³/mol. The molecule has 0 saturated carbocycles. The van der Waals surface area contributed by atoms with Gasteiger partial charge in [0, 0.05) is 0 Å². The highest BCUT2D eigenvalue weighted by atomic mass is 19.2. The van der Waals surface area contributed by atoms with Crippen LogP contribution in [-0.2, 0) is 14.4 Å². The molecule has 1 aliphatic heterocycles. The quantitative estimate of drug-likeness (QED) is 0.521. The molecule has 5 nitrogen and oxygen atoms in total. The van der Waals surface area contributed by atoms with E-state index in [1.807, 2.05) is 17.5 Å². The SMILES string of the molecule is O=C(CN1C(=O)[C@@H]2CC=CC[C@H]2C1=O)Nc1ccc(F)c(F)c1F. The van der Waals surface area contributed by atoms with Crippen molar-refractivity contribution in [1.82, 2.24) is 4.90 Å². The molecule has 2 atom stereocenters. The summed E-state index contributed by atoms with van der Waals surface area (Å²) >= 11 is 0. The zero-order valence-electron chi connectivity index (χ0n) is 12.4. The van der Waals surface area contributed by atoms with Gasteiger partial charge in [-0.3, -0.25) is 19.3 Å². The van der Waals surface area contributed by atoms with Crippen molar-refractivity contribution in [2.24, 2.45) is 11.8 Å². The molecule has 3 amide bonds. The van der Waals surface area contributed by atoms with Gasteiger partial charge in [-0.1, -0.05) is 12.2 Å². The molecule has 24 heavy (non-hydrogen) atoms. The Balaban J connectivity index is 1.71. The normalized spacial score (nSPS) is 22.7. The number of anilines is 1. The summed E-state index contributed by atoms with van der Waals surface area (Å²) < 4.78 is 39.6. The van der Waals surface area contributed by atoms with Crippen LogP contribution in [0.15, 0.2) is 24.3 Å². The van der Waals surface area contributed by atoms with Crippen molar-refractivity contribution < 1.29 is 27.6 Å². The molecule has 1 N–H and O–H groups in total. The van der Waals surface area contributed by atoms with Crippen LogP contribution >= 0.6 is 0 Å². The van der Waals surface area contributed by atoms with Gasteiger partial charge >= 0.3 is 0 Å². The van der Waals surface area contributed by atoms with E-state index in [1.165, 1.54) is 0 Å². The first-order valence-corrected chi connectivity index (χ1v) is 7.33. The fourth-order valence-corrected chi connectivity index (χ4v) is 2.98. The fraction of sp³-hybridized carbons (Fsp3) is 0.312. The average molecular weight is 338 g/mol. The molecule has 1 heterocycles. The van der Waals surface area contributed by atoms with Crippen LogP contribution in [0.4, 0.5) is 18.9 Å². The number of imide groups is 1. The molecule has 1 aromatic carbocycles. The van der Waals surface area contributed by atoms with E-state index in [0.717, 1.165) is 11.0 Å². The molecule has 0 unspecified atom stereocenters. The zero-order chi connectivity index (χ0) is 17.4. The molecule has 126 valence electrons. The Labute approximate surface area is 135 Å². The maximum absolute atomic E-state index is 13.5. The van der Waals surface area contributed by atoms with Crippen molar-refractivity contribution >= 4 is 23.4 Å². The summed E-state index contributed by atoms with van der Waals surface area (Å²) in [6.45, 7) is -0.594. The number of hydrogen-bond acceptors (Lipinski definition) is 3. The number of carbonyl (C=O) groups is 3. The molecular weight excluding hydrogens is 325 g/mol. The highest BCUT2D eigenvalue weighted by Crippen LogP contribution is 2.34. The van der Waals surface area contributed by atoms with E-state index < -0.39 is 59.2 Å². The lowest BCUT2D eigenvalue weighted by molar-refractivity contribution is -0.142. The van der Waals surface area contributed by atoms with Crippen LogP contribution in [0.2, 0.25) is 0 Å². The lowest BCUT2D eigenvalue weighted by Gasteiger charge is -2.14. The molecule has 0 aromatic heterocycles. The summed E-state index contributed by atoms with van der Waals surface area (Å²) in [5.74, 6) is -7.35. The van der Waals surface area contributed by atoms with Crippen LogP contribution < -0.4 is 5.32 Å². The van der Waals surface area contributed by atoms with Crippen LogP contribution in [0.25, 0.3) is 0 Å². The third-order valence-corrected chi connectivity index (χ3v) is 4.21. The number of nitrogens with one attached hydrogen (secondary N) is 1. The van der Waals surface area contributed by atoms with E-state index in [-0.39, 0.29) is 0 Å². The van der Waals surface area contributed by atoms with Crippen LogP contribution in [0.1, 0.15) is 12.8 Å². The molecule has 1 aromatic rings. The summed E-state index contributed by atoms with van der Waals surface area (Å²) in [6, 6.07) is 1.53. The van der Waals surface area contributed by atoms with Crippen molar-refractivity contribution in [3.8, 4) is 0 Å². The third-order valence-electron chi connectivity index (χ3n) is 4.21. The Bertz CT molecular complexity index is 737. The van der Waals surface area contributed by atoms with Gasteiger partial charge in [0.25, 0.3) is 0 Å². The van der Waals surface area contributed by atoms with Gasteiger partial charge in [-0.25, -0.2) is 13.2 Å². The average Bonchev–Trinajstić information content (AvgIpc) is 2.81. The highest BCUT2D eigenvalue weighted by molar-refractivity contribution is 6.08. The number of halogens is 3. The van der Waals surface area contributed by atoms with Crippen LogP contribution in [0, 0.1) is 29.3 Å². The highest BCUT2D eigenvalue weighted by Gasteiger charge is 2.47. The Morgan fingerprint density at radius 2 is 1.62 bits per heavy atom. The van der Waals surface area contributed by atoms with E-state index in [4.69, 9.17) is 0 Å².